The zero-order valence-electron chi connectivity index (χ0n) is 9.10. The minimum Gasteiger partial charge on any atom is -0.291 e. The van der Waals surface area contributed by atoms with Crippen molar-refractivity contribution in [3.05, 3.63) is 62.2 Å². The molecule has 1 unspecified atom stereocenters. The molecule has 88 valence electrons. The molecule has 0 spiro atoms. The van der Waals surface area contributed by atoms with Gasteiger partial charge in [-0.05, 0) is 28.4 Å². The Bertz CT molecular complexity index is 583. The number of halogens is 2. The molecule has 2 rings (SSSR count). The maximum absolute atomic E-state index is 12.0. The lowest BCUT2D eigenvalue weighted by Gasteiger charge is -2.15. The molecular formula is C12H10BrClN2O. The second-order valence-electron chi connectivity index (χ2n) is 3.65. The van der Waals surface area contributed by atoms with Crippen molar-refractivity contribution >= 4 is 27.5 Å². The van der Waals surface area contributed by atoms with Gasteiger partial charge in [0.1, 0.15) is 4.47 Å². The van der Waals surface area contributed by atoms with Gasteiger partial charge >= 0.3 is 0 Å². The number of aromatic nitrogens is 2. The van der Waals surface area contributed by atoms with E-state index in [1.54, 1.807) is 4.57 Å². The molecule has 0 N–H and O–H groups in total. The van der Waals surface area contributed by atoms with Crippen molar-refractivity contribution in [1.29, 1.82) is 0 Å². The lowest BCUT2D eigenvalue weighted by molar-refractivity contribution is 0.599. The van der Waals surface area contributed by atoms with Crippen molar-refractivity contribution in [2.75, 3.05) is 0 Å². The summed E-state index contributed by atoms with van der Waals surface area (Å²) in [6.45, 7) is 1.94. The Morgan fingerprint density at radius 1 is 1.35 bits per heavy atom. The highest BCUT2D eigenvalue weighted by atomic mass is 79.9. The first-order chi connectivity index (χ1) is 8.11. The topological polar surface area (TPSA) is 34.9 Å². The van der Waals surface area contributed by atoms with Crippen molar-refractivity contribution < 1.29 is 0 Å². The number of hydrogen-bond acceptors (Lipinski definition) is 2. The van der Waals surface area contributed by atoms with Crippen LogP contribution >= 0.6 is 27.5 Å². The van der Waals surface area contributed by atoms with Crippen molar-refractivity contribution in [2.24, 2.45) is 0 Å². The average molecular weight is 314 g/mol. The highest BCUT2D eigenvalue weighted by Crippen LogP contribution is 2.19. The maximum atomic E-state index is 12.0. The van der Waals surface area contributed by atoms with E-state index in [1.165, 1.54) is 6.33 Å². The molecule has 0 saturated heterocycles. The van der Waals surface area contributed by atoms with Gasteiger partial charge in [-0.2, -0.15) is 0 Å². The van der Waals surface area contributed by atoms with Gasteiger partial charge in [0.15, 0.2) is 5.15 Å². The normalized spacial score (nSPS) is 12.4. The SMILES string of the molecule is CC(c1ccccc1)n1cnc(Cl)c(Br)c1=O. The summed E-state index contributed by atoms with van der Waals surface area (Å²) in [6.07, 6.45) is 1.47. The molecule has 0 bridgehead atoms. The zero-order chi connectivity index (χ0) is 12.4. The van der Waals surface area contributed by atoms with Crippen LogP contribution in [0.5, 0.6) is 0 Å². The smallest absolute Gasteiger partial charge is 0.269 e. The van der Waals surface area contributed by atoms with Crippen LogP contribution in [-0.4, -0.2) is 9.55 Å². The molecule has 1 heterocycles. The van der Waals surface area contributed by atoms with E-state index in [4.69, 9.17) is 11.6 Å². The third-order valence-corrected chi connectivity index (χ3v) is 3.83. The quantitative estimate of drug-likeness (QED) is 0.798. The molecule has 2 aromatic rings. The Morgan fingerprint density at radius 2 is 2.00 bits per heavy atom. The molecule has 5 heteroatoms. The summed E-state index contributed by atoms with van der Waals surface area (Å²) in [6, 6.07) is 9.68. The van der Waals surface area contributed by atoms with Crippen LogP contribution in [0.1, 0.15) is 18.5 Å². The van der Waals surface area contributed by atoms with E-state index in [9.17, 15) is 4.79 Å². The second kappa shape index (κ2) is 5.02. The maximum Gasteiger partial charge on any atom is 0.269 e. The third kappa shape index (κ3) is 2.42. The van der Waals surface area contributed by atoms with Crippen molar-refractivity contribution in [2.45, 2.75) is 13.0 Å². The average Bonchev–Trinajstić information content (AvgIpc) is 2.36. The number of rotatable bonds is 2. The molecule has 0 aliphatic heterocycles. The van der Waals surface area contributed by atoms with Crippen molar-refractivity contribution in [3.8, 4) is 0 Å². The van der Waals surface area contributed by atoms with E-state index in [-0.39, 0.29) is 16.8 Å². The Balaban J connectivity index is 2.49. The molecule has 0 aliphatic rings. The molecular weight excluding hydrogens is 304 g/mol. The van der Waals surface area contributed by atoms with E-state index in [2.05, 4.69) is 20.9 Å². The zero-order valence-corrected chi connectivity index (χ0v) is 11.4. The minimum atomic E-state index is -0.179. The molecule has 0 amide bonds. The van der Waals surface area contributed by atoms with E-state index >= 15 is 0 Å². The second-order valence-corrected chi connectivity index (χ2v) is 4.80. The lowest BCUT2D eigenvalue weighted by atomic mass is 10.1. The molecule has 17 heavy (non-hydrogen) atoms. The molecule has 1 atom stereocenters. The summed E-state index contributed by atoms with van der Waals surface area (Å²) in [5.74, 6) is 0. The summed E-state index contributed by atoms with van der Waals surface area (Å²) >= 11 is 8.91. The molecule has 1 aromatic heterocycles. The Morgan fingerprint density at radius 3 is 2.65 bits per heavy atom. The van der Waals surface area contributed by atoms with Crippen LogP contribution in [0.25, 0.3) is 0 Å². The van der Waals surface area contributed by atoms with Gasteiger partial charge in [0, 0.05) is 0 Å². The van der Waals surface area contributed by atoms with Crippen LogP contribution in [0.3, 0.4) is 0 Å². The van der Waals surface area contributed by atoms with E-state index in [0.29, 0.717) is 4.47 Å². The van der Waals surface area contributed by atoms with Gasteiger partial charge in [-0.3, -0.25) is 9.36 Å². The van der Waals surface area contributed by atoms with Crippen LogP contribution in [0.15, 0.2) is 45.9 Å². The van der Waals surface area contributed by atoms with Crippen LogP contribution in [-0.2, 0) is 0 Å². The van der Waals surface area contributed by atoms with Gasteiger partial charge < -0.3 is 0 Å². The summed E-state index contributed by atoms with van der Waals surface area (Å²) in [4.78, 5) is 16.0. The van der Waals surface area contributed by atoms with Crippen LogP contribution < -0.4 is 5.56 Å². The molecule has 0 aliphatic carbocycles. The van der Waals surface area contributed by atoms with E-state index in [0.717, 1.165) is 5.56 Å². The standard InChI is InChI=1S/C12H10BrClN2O/c1-8(9-5-3-2-4-6-9)16-7-15-11(14)10(13)12(16)17/h2-8H,1H3. The van der Waals surface area contributed by atoms with Gasteiger partial charge in [-0.15, -0.1) is 0 Å². The van der Waals surface area contributed by atoms with E-state index < -0.39 is 0 Å². The molecule has 0 fully saturated rings. The first kappa shape index (κ1) is 12.3. The van der Waals surface area contributed by atoms with Gasteiger partial charge in [0.2, 0.25) is 0 Å². The van der Waals surface area contributed by atoms with E-state index in [1.807, 2.05) is 37.3 Å². The van der Waals surface area contributed by atoms with Crippen LogP contribution in [0.4, 0.5) is 0 Å². The molecule has 1 aromatic carbocycles. The monoisotopic (exact) mass is 312 g/mol. The van der Waals surface area contributed by atoms with Crippen molar-refractivity contribution in [1.82, 2.24) is 9.55 Å². The lowest BCUT2D eigenvalue weighted by Crippen LogP contribution is -2.25. The van der Waals surface area contributed by atoms with Crippen LogP contribution in [0, 0.1) is 0 Å². The minimum absolute atomic E-state index is 0.0789. The summed E-state index contributed by atoms with van der Waals surface area (Å²) in [5, 5.41) is 0.187. The largest absolute Gasteiger partial charge is 0.291 e. The molecule has 3 nitrogen and oxygen atoms in total. The van der Waals surface area contributed by atoms with Gasteiger partial charge in [-0.1, -0.05) is 41.9 Å². The van der Waals surface area contributed by atoms with Gasteiger partial charge in [-0.25, -0.2) is 4.98 Å². The predicted molar refractivity (Wildman–Crippen MR) is 71.5 cm³/mol. The third-order valence-electron chi connectivity index (χ3n) is 2.60. The first-order valence-corrected chi connectivity index (χ1v) is 6.25. The Kier molecular flexibility index (Phi) is 3.64. The molecule has 0 radical (unpaired) electrons. The predicted octanol–water partition coefficient (Wildman–Crippen LogP) is 3.27. The Labute approximate surface area is 112 Å². The van der Waals surface area contributed by atoms with Gasteiger partial charge in [0.05, 0.1) is 12.4 Å². The van der Waals surface area contributed by atoms with Crippen molar-refractivity contribution in [3.63, 3.8) is 0 Å². The highest BCUT2D eigenvalue weighted by Gasteiger charge is 2.13. The fourth-order valence-electron chi connectivity index (χ4n) is 1.59. The van der Waals surface area contributed by atoms with Gasteiger partial charge in [0.25, 0.3) is 5.56 Å². The fraction of sp³-hybridized carbons (Fsp3) is 0.167. The number of nitrogens with zero attached hydrogens (tertiary/aromatic N) is 2. The number of hydrogen-bond donors (Lipinski definition) is 0. The van der Waals surface area contributed by atoms with Crippen LogP contribution in [0.2, 0.25) is 5.15 Å². The highest BCUT2D eigenvalue weighted by molar-refractivity contribution is 9.10. The fourth-order valence-corrected chi connectivity index (χ4v) is 2.02. The summed E-state index contributed by atoms with van der Waals surface area (Å²) in [5.41, 5.74) is 0.868. The summed E-state index contributed by atoms with van der Waals surface area (Å²) in [7, 11) is 0. The first-order valence-electron chi connectivity index (χ1n) is 5.08. The summed E-state index contributed by atoms with van der Waals surface area (Å²) < 4.78 is 1.84. The molecule has 0 saturated carbocycles. The number of benzene rings is 1. The Hall–Kier alpha value is -1.13.